The van der Waals surface area contributed by atoms with Gasteiger partial charge in [-0.1, -0.05) is 45.4 Å². The van der Waals surface area contributed by atoms with Gasteiger partial charge >= 0.3 is 0 Å². The van der Waals surface area contributed by atoms with E-state index in [1.807, 2.05) is 0 Å². The lowest BCUT2D eigenvalue weighted by molar-refractivity contribution is 0.0681. The average molecular weight is 271 g/mol. The first kappa shape index (κ1) is 14.7. The lowest BCUT2D eigenvalue weighted by Crippen LogP contribution is -2.37. The van der Waals surface area contributed by atoms with Crippen LogP contribution in [-0.2, 0) is 0 Å². The minimum Gasteiger partial charge on any atom is -0.126 e. The number of halogens is 1. The monoisotopic (exact) mass is 270 g/mol. The summed E-state index contributed by atoms with van der Waals surface area (Å²) in [6.45, 7) is 2.31. The van der Waals surface area contributed by atoms with E-state index >= 15 is 0 Å². The van der Waals surface area contributed by atoms with Crippen LogP contribution in [0.5, 0.6) is 0 Å². The molecule has 2 fully saturated rings. The molecule has 0 atom stereocenters. The van der Waals surface area contributed by atoms with Gasteiger partial charge in [-0.3, -0.25) is 0 Å². The standard InChI is InChI=1S/C17H31Cl/c1-2-3-7-15-10-12-17(14-18,13-11-15)16-8-5-4-6-9-16/h15-16H,2-14H2,1H3. The fraction of sp³-hybridized carbons (Fsp3) is 1.00. The van der Waals surface area contributed by atoms with E-state index in [2.05, 4.69) is 6.92 Å². The molecule has 0 unspecified atom stereocenters. The number of unbranched alkanes of at least 4 members (excludes halogenated alkanes) is 1. The van der Waals surface area contributed by atoms with Crippen molar-refractivity contribution in [3.8, 4) is 0 Å². The van der Waals surface area contributed by atoms with Crippen LogP contribution in [0.15, 0.2) is 0 Å². The fourth-order valence-corrected chi connectivity index (χ4v) is 4.89. The molecule has 0 saturated heterocycles. The summed E-state index contributed by atoms with van der Waals surface area (Å²) in [5.41, 5.74) is 0.532. The Morgan fingerprint density at radius 2 is 1.67 bits per heavy atom. The molecule has 0 bridgehead atoms. The first-order chi connectivity index (χ1) is 8.80. The van der Waals surface area contributed by atoms with E-state index in [4.69, 9.17) is 11.6 Å². The van der Waals surface area contributed by atoms with Crippen molar-refractivity contribution in [2.24, 2.45) is 17.3 Å². The third-order valence-electron chi connectivity index (χ3n) is 5.80. The molecule has 2 aliphatic carbocycles. The predicted molar refractivity (Wildman–Crippen MR) is 81.2 cm³/mol. The first-order valence-electron chi connectivity index (χ1n) is 8.36. The highest BCUT2D eigenvalue weighted by Crippen LogP contribution is 2.50. The van der Waals surface area contributed by atoms with Gasteiger partial charge < -0.3 is 0 Å². The van der Waals surface area contributed by atoms with E-state index in [-0.39, 0.29) is 0 Å². The highest BCUT2D eigenvalue weighted by molar-refractivity contribution is 6.18. The van der Waals surface area contributed by atoms with Crippen molar-refractivity contribution in [1.82, 2.24) is 0 Å². The maximum atomic E-state index is 6.42. The Hall–Kier alpha value is 0.290. The summed E-state index contributed by atoms with van der Waals surface area (Å²) in [5, 5.41) is 0. The molecule has 0 aromatic heterocycles. The normalized spacial score (nSPS) is 34.7. The SMILES string of the molecule is CCCCC1CCC(CCl)(C2CCCCC2)CC1. The summed E-state index contributed by atoms with van der Waals surface area (Å²) in [6, 6.07) is 0. The Kier molecular flexibility index (Phi) is 5.86. The van der Waals surface area contributed by atoms with Gasteiger partial charge in [0, 0.05) is 5.88 Å². The van der Waals surface area contributed by atoms with Crippen LogP contribution in [-0.4, -0.2) is 5.88 Å². The predicted octanol–water partition coefficient (Wildman–Crippen LogP) is 6.17. The van der Waals surface area contributed by atoms with Gasteiger partial charge in [-0.2, -0.15) is 0 Å². The molecule has 0 aliphatic heterocycles. The molecule has 1 heteroatoms. The van der Waals surface area contributed by atoms with Gasteiger partial charge in [0.2, 0.25) is 0 Å². The first-order valence-corrected chi connectivity index (χ1v) is 8.90. The Bertz CT molecular complexity index is 222. The second-order valence-electron chi connectivity index (χ2n) is 6.92. The molecule has 106 valence electrons. The van der Waals surface area contributed by atoms with Crippen molar-refractivity contribution in [2.45, 2.75) is 84.0 Å². The number of hydrogen-bond acceptors (Lipinski definition) is 0. The van der Waals surface area contributed by atoms with Gasteiger partial charge in [0.15, 0.2) is 0 Å². The zero-order valence-electron chi connectivity index (χ0n) is 12.2. The lowest BCUT2D eigenvalue weighted by Gasteiger charge is -2.46. The molecule has 0 spiro atoms. The second-order valence-corrected chi connectivity index (χ2v) is 7.18. The second kappa shape index (κ2) is 7.17. The molecule has 2 aliphatic rings. The van der Waals surface area contributed by atoms with Crippen LogP contribution in [0, 0.1) is 17.3 Å². The summed E-state index contributed by atoms with van der Waals surface area (Å²) >= 11 is 6.42. The smallest absolute Gasteiger partial charge is 0.0282 e. The summed E-state index contributed by atoms with van der Waals surface area (Å²) in [7, 11) is 0. The maximum Gasteiger partial charge on any atom is 0.0282 e. The fourth-order valence-electron chi connectivity index (χ4n) is 4.40. The average Bonchev–Trinajstić information content (AvgIpc) is 2.46. The van der Waals surface area contributed by atoms with Crippen molar-refractivity contribution in [3.05, 3.63) is 0 Å². The molecule has 0 N–H and O–H groups in total. The van der Waals surface area contributed by atoms with E-state index in [1.54, 1.807) is 0 Å². The molecule has 0 aromatic rings. The summed E-state index contributed by atoms with van der Waals surface area (Å²) < 4.78 is 0. The van der Waals surface area contributed by atoms with Crippen molar-refractivity contribution in [2.75, 3.05) is 5.88 Å². The quantitative estimate of drug-likeness (QED) is 0.524. The van der Waals surface area contributed by atoms with Crippen LogP contribution >= 0.6 is 11.6 Å². The Labute approximate surface area is 119 Å². The van der Waals surface area contributed by atoms with Crippen LogP contribution in [0.25, 0.3) is 0 Å². The van der Waals surface area contributed by atoms with Crippen LogP contribution in [0.1, 0.15) is 84.0 Å². The minimum absolute atomic E-state index is 0.532. The van der Waals surface area contributed by atoms with E-state index in [1.165, 1.54) is 77.0 Å². The number of hydrogen-bond donors (Lipinski definition) is 0. The van der Waals surface area contributed by atoms with E-state index in [0.717, 1.165) is 17.7 Å². The topological polar surface area (TPSA) is 0 Å². The molecule has 0 radical (unpaired) electrons. The summed E-state index contributed by atoms with van der Waals surface area (Å²) in [6.07, 6.45) is 17.4. The molecule has 0 heterocycles. The van der Waals surface area contributed by atoms with E-state index < -0.39 is 0 Å². The molecule has 2 rings (SSSR count). The minimum atomic E-state index is 0.532. The van der Waals surface area contributed by atoms with Gasteiger partial charge in [0.25, 0.3) is 0 Å². The third kappa shape index (κ3) is 3.44. The zero-order valence-corrected chi connectivity index (χ0v) is 13.0. The van der Waals surface area contributed by atoms with Gasteiger partial charge in [0.1, 0.15) is 0 Å². The molecule has 0 amide bonds. The zero-order chi connectivity index (χ0) is 12.8. The summed E-state index contributed by atoms with van der Waals surface area (Å²) in [5.74, 6) is 2.90. The van der Waals surface area contributed by atoms with Gasteiger partial charge in [-0.15, -0.1) is 11.6 Å². The van der Waals surface area contributed by atoms with Crippen LogP contribution in [0.2, 0.25) is 0 Å². The van der Waals surface area contributed by atoms with Crippen LogP contribution in [0.3, 0.4) is 0 Å². The van der Waals surface area contributed by atoms with Crippen LogP contribution < -0.4 is 0 Å². The Balaban J connectivity index is 1.86. The Morgan fingerprint density at radius 3 is 2.22 bits per heavy atom. The molecule has 18 heavy (non-hydrogen) atoms. The molecule has 2 saturated carbocycles. The lowest BCUT2D eigenvalue weighted by atomic mass is 9.61. The van der Waals surface area contributed by atoms with Crippen molar-refractivity contribution in [1.29, 1.82) is 0 Å². The van der Waals surface area contributed by atoms with Crippen LogP contribution in [0.4, 0.5) is 0 Å². The van der Waals surface area contributed by atoms with Gasteiger partial charge in [-0.25, -0.2) is 0 Å². The van der Waals surface area contributed by atoms with Gasteiger partial charge in [0.05, 0.1) is 0 Å². The van der Waals surface area contributed by atoms with Gasteiger partial charge in [-0.05, 0) is 55.8 Å². The third-order valence-corrected chi connectivity index (χ3v) is 6.34. The Morgan fingerprint density at radius 1 is 1.00 bits per heavy atom. The van der Waals surface area contributed by atoms with E-state index in [0.29, 0.717) is 5.41 Å². The molecular weight excluding hydrogens is 240 g/mol. The molecular formula is C17H31Cl. The van der Waals surface area contributed by atoms with Crippen molar-refractivity contribution in [3.63, 3.8) is 0 Å². The summed E-state index contributed by atoms with van der Waals surface area (Å²) in [4.78, 5) is 0. The largest absolute Gasteiger partial charge is 0.126 e. The molecule has 0 aromatic carbocycles. The molecule has 0 nitrogen and oxygen atoms in total. The van der Waals surface area contributed by atoms with Crippen molar-refractivity contribution >= 4 is 11.6 Å². The number of rotatable bonds is 5. The highest BCUT2D eigenvalue weighted by atomic mass is 35.5. The van der Waals surface area contributed by atoms with Crippen molar-refractivity contribution < 1.29 is 0 Å². The highest BCUT2D eigenvalue weighted by Gasteiger charge is 2.41. The number of alkyl halides is 1. The maximum absolute atomic E-state index is 6.42. The van der Waals surface area contributed by atoms with E-state index in [9.17, 15) is 0 Å².